The van der Waals surface area contributed by atoms with Crippen LogP contribution in [0.3, 0.4) is 0 Å². The highest BCUT2D eigenvalue weighted by atomic mass is 16.1. The van der Waals surface area contributed by atoms with Crippen molar-refractivity contribution < 1.29 is 4.79 Å². The maximum absolute atomic E-state index is 12.8. The van der Waals surface area contributed by atoms with Gasteiger partial charge in [0.15, 0.2) is 5.78 Å². The summed E-state index contributed by atoms with van der Waals surface area (Å²) in [6, 6.07) is 9.70. The minimum Gasteiger partial charge on any atom is -0.292 e. The molecule has 0 spiro atoms. The standard InChI is InChI=1S/C17H20N2O/c1-17(2,19-10-3-4-11-19)16(20)14-7-8-15-13(12-14)6-5-9-18-15/h5-9,12H,3-4,10-11H2,1-2H3. The second kappa shape index (κ2) is 4.98. The van der Waals surface area contributed by atoms with Crippen LogP contribution in [0, 0.1) is 0 Å². The smallest absolute Gasteiger partial charge is 0.182 e. The molecule has 20 heavy (non-hydrogen) atoms. The number of hydrogen-bond acceptors (Lipinski definition) is 3. The van der Waals surface area contributed by atoms with Crippen molar-refractivity contribution in [2.75, 3.05) is 13.1 Å². The van der Waals surface area contributed by atoms with Crippen LogP contribution in [0.5, 0.6) is 0 Å². The van der Waals surface area contributed by atoms with E-state index < -0.39 is 5.54 Å². The molecule has 1 saturated heterocycles. The molecule has 0 amide bonds. The highest BCUT2D eigenvalue weighted by Crippen LogP contribution is 2.26. The van der Waals surface area contributed by atoms with Crippen molar-refractivity contribution in [3.63, 3.8) is 0 Å². The van der Waals surface area contributed by atoms with Crippen molar-refractivity contribution in [3.05, 3.63) is 42.1 Å². The lowest BCUT2D eigenvalue weighted by atomic mass is 9.91. The molecule has 0 radical (unpaired) electrons. The number of Topliss-reactive ketones (excluding diaryl/α,β-unsaturated/α-hetero) is 1. The first-order valence-electron chi connectivity index (χ1n) is 7.24. The molecule has 3 nitrogen and oxygen atoms in total. The molecule has 3 heteroatoms. The Morgan fingerprint density at radius 2 is 1.95 bits per heavy atom. The van der Waals surface area contributed by atoms with Crippen LogP contribution in [0.25, 0.3) is 10.9 Å². The zero-order valence-electron chi connectivity index (χ0n) is 12.1. The number of pyridine rings is 1. The second-order valence-corrected chi connectivity index (χ2v) is 5.99. The Balaban J connectivity index is 1.95. The van der Waals surface area contributed by atoms with Crippen molar-refractivity contribution in [2.45, 2.75) is 32.2 Å². The fourth-order valence-electron chi connectivity index (χ4n) is 2.99. The number of benzene rings is 1. The van der Waals surface area contributed by atoms with E-state index in [4.69, 9.17) is 0 Å². The summed E-state index contributed by atoms with van der Waals surface area (Å²) in [4.78, 5) is 19.4. The van der Waals surface area contributed by atoms with Crippen molar-refractivity contribution in [2.24, 2.45) is 0 Å². The Kier molecular flexibility index (Phi) is 3.30. The maximum Gasteiger partial charge on any atom is 0.182 e. The summed E-state index contributed by atoms with van der Waals surface area (Å²) in [5.74, 6) is 0.199. The molecular formula is C17H20N2O. The average molecular weight is 268 g/mol. The van der Waals surface area contributed by atoms with Crippen LogP contribution >= 0.6 is 0 Å². The summed E-state index contributed by atoms with van der Waals surface area (Å²) in [6.07, 6.45) is 4.16. The summed E-state index contributed by atoms with van der Waals surface area (Å²) in [6.45, 7) is 6.12. The van der Waals surface area contributed by atoms with Crippen LogP contribution in [0.1, 0.15) is 37.0 Å². The first-order chi connectivity index (χ1) is 9.59. The molecule has 104 valence electrons. The number of carbonyl (C=O) groups excluding carboxylic acids is 1. The van der Waals surface area contributed by atoms with Gasteiger partial charge in [-0.15, -0.1) is 0 Å². The molecule has 1 aliphatic heterocycles. The topological polar surface area (TPSA) is 33.2 Å². The molecule has 0 N–H and O–H groups in total. The van der Waals surface area contributed by atoms with Gasteiger partial charge in [-0.3, -0.25) is 14.7 Å². The van der Waals surface area contributed by atoms with E-state index in [1.807, 2.05) is 44.2 Å². The van der Waals surface area contributed by atoms with E-state index in [0.29, 0.717) is 0 Å². The number of fused-ring (bicyclic) bond motifs is 1. The number of nitrogens with zero attached hydrogens (tertiary/aromatic N) is 2. The highest BCUT2D eigenvalue weighted by Gasteiger charge is 2.36. The number of likely N-dealkylation sites (tertiary alicyclic amines) is 1. The summed E-state index contributed by atoms with van der Waals surface area (Å²) < 4.78 is 0. The molecule has 3 rings (SSSR count). The minimum atomic E-state index is -0.424. The minimum absolute atomic E-state index is 0.199. The van der Waals surface area contributed by atoms with Crippen molar-refractivity contribution >= 4 is 16.7 Å². The van der Waals surface area contributed by atoms with Gasteiger partial charge in [-0.1, -0.05) is 6.07 Å². The molecule has 2 heterocycles. The molecular weight excluding hydrogens is 248 g/mol. The van der Waals surface area contributed by atoms with E-state index in [-0.39, 0.29) is 5.78 Å². The lowest BCUT2D eigenvalue weighted by molar-refractivity contribution is 0.0703. The first kappa shape index (κ1) is 13.3. The van der Waals surface area contributed by atoms with Crippen LogP contribution in [0.4, 0.5) is 0 Å². The fourth-order valence-corrected chi connectivity index (χ4v) is 2.99. The molecule has 1 aromatic heterocycles. The third-order valence-electron chi connectivity index (χ3n) is 4.32. The average Bonchev–Trinajstić information content (AvgIpc) is 3.01. The Hall–Kier alpha value is -1.74. The van der Waals surface area contributed by atoms with Crippen molar-refractivity contribution in [1.29, 1.82) is 0 Å². The van der Waals surface area contributed by atoms with Crippen LogP contribution in [-0.4, -0.2) is 34.3 Å². The van der Waals surface area contributed by atoms with E-state index >= 15 is 0 Å². The molecule has 1 aliphatic rings. The zero-order chi connectivity index (χ0) is 14.2. The van der Waals surface area contributed by atoms with Gasteiger partial charge >= 0.3 is 0 Å². The quantitative estimate of drug-likeness (QED) is 0.801. The van der Waals surface area contributed by atoms with Gasteiger partial charge in [0, 0.05) is 17.1 Å². The van der Waals surface area contributed by atoms with Gasteiger partial charge in [0.05, 0.1) is 11.1 Å². The maximum atomic E-state index is 12.8. The highest BCUT2D eigenvalue weighted by molar-refractivity contribution is 6.04. The van der Waals surface area contributed by atoms with Gasteiger partial charge in [-0.2, -0.15) is 0 Å². The molecule has 0 bridgehead atoms. The summed E-state index contributed by atoms with van der Waals surface area (Å²) in [5.41, 5.74) is 1.29. The van der Waals surface area contributed by atoms with Crippen LogP contribution < -0.4 is 0 Å². The van der Waals surface area contributed by atoms with Crippen molar-refractivity contribution in [3.8, 4) is 0 Å². The van der Waals surface area contributed by atoms with Crippen LogP contribution in [-0.2, 0) is 0 Å². The lowest BCUT2D eigenvalue weighted by Crippen LogP contribution is -2.48. The predicted octanol–water partition coefficient (Wildman–Crippen LogP) is 3.29. The first-order valence-corrected chi connectivity index (χ1v) is 7.24. The Morgan fingerprint density at radius 3 is 2.70 bits per heavy atom. The third kappa shape index (κ3) is 2.22. The number of carbonyl (C=O) groups is 1. The molecule has 0 aliphatic carbocycles. The van der Waals surface area contributed by atoms with E-state index in [2.05, 4.69) is 9.88 Å². The molecule has 0 unspecified atom stereocenters. The van der Waals surface area contributed by atoms with Gasteiger partial charge < -0.3 is 0 Å². The number of hydrogen-bond donors (Lipinski definition) is 0. The van der Waals surface area contributed by atoms with Crippen LogP contribution in [0.15, 0.2) is 36.5 Å². The molecule has 0 atom stereocenters. The largest absolute Gasteiger partial charge is 0.292 e. The normalized spacial score (nSPS) is 16.7. The number of aromatic nitrogens is 1. The summed E-state index contributed by atoms with van der Waals surface area (Å²) in [5, 5.41) is 1.02. The second-order valence-electron chi connectivity index (χ2n) is 5.99. The molecule has 1 aromatic carbocycles. The van der Waals surface area contributed by atoms with E-state index in [1.54, 1.807) is 6.20 Å². The van der Waals surface area contributed by atoms with E-state index in [9.17, 15) is 4.79 Å². The van der Waals surface area contributed by atoms with Gasteiger partial charge in [0.1, 0.15) is 0 Å². The Morgan fingerprint density at radius 1 is 1.20 bits per heavy atom. The van der Waals surface area contributed by atoms with Gasteiger partial charge in [-0.25, -0.2) is 0 Å². The lowest BCUT2D eigenvalue weighted by Gasteiger charge is -2.34. The van der Waals surface area contributed by atoms with Gasteiger partial charge in [0.2, 0.25) is 0 Å². The Bertz CT molecular complexity index is 642. The van der Waals surface area contributed by atoms with Gasteiger partial charge in [-0.05, 0) is 64.0 Å². The third-order valence-corrected chi connectivity index (χ3v) is 4.32. The van der Waals surface area contributed by atoms with Crippen molar-refractivity contribution in [1.82, 2.24) is 9.88 Å². The molecule has 2 aromatic rings. The monoisotopic (exact) mass is 268 g/mol. The number of rotatable bonds is 3. The molecule has 0 saturated carbocycles. The predicted molar refractivity (Wildman–Crippen MR) is 81.0 cm³/mol. The summed E-state index contributed by atoms with van der Waals surface area (Å²) >= 11 is 0. The van der Waals surface area contributed by atoms with Gasteiger partial charge in [0.25, 0.3) is 0 Å². The summed E-state index contributed by atoms with van der Waals surface area (Å²) in [7, 11) is 0. The SMILES string of the molecule is CC(C)(C(=O)c1ccc2ncccc2c1)N1CCCC1. The Labute approximate surface area is 119 Å². The number of ketones is 1. The van der Waals surface area contributed by atoms with Crippen LogP contribution in [0.2, 0.25) is 0 Å². The van der Waals surface area contributed by atoms with E-state index in [1.165, 1.54) is 12.8 Å². The van der Waals surface area contributed by atoms with E-state index in [0.717, 1.165) is 29.6 Å². The zero-order valence-corrected chi connectivity index (χ0v) is 12.1. The molecule has 1 fully saturated rings. The fraction of sp³-hybridized carbons (Fsp3) is 0.412.